The van der Waals surface area contributed by atoms with E-state index in [9.17, 15) is 18.0 Å². The maximum Gasteiger partial charge on any atom is 0.269 e. The normalized spacial score (nSPS) is 26.9. The fourth-order valence-corrected chi connectivity index (χ4v) is 6.29. The Morgan fingerprint density at radius 1 is 1.15 bits per heavy atom. The van der Waals surface area contributed by atoms with Gasteiger partial charge in [-0.25, -0.2) is 12.7 Å². The monoisotopic (exact) mass is 391 g/mol. The first-order valence-corrected chi connectivity index (χ1v) is 11.0. The molecule has 4 rings (SSSR count). The fraction of sp³-hybridized carbons (Fsp3) is 0.579. The number of amides is 2. The molecule has 3 heterocycles. The van der Waals surface area contributed by atoms with Gasteiger partial charge in [-0.15, -0.1) is 0 Å². The number of hydrogen-bond donors (Lipinski definition) is 1. The van der Waals surface area contributed by atoms with E-state index in [4.69, 9.17) is 0 Å². The predicted octanol–water partition coefficient (Wildman–Crippen LogP) is 1.31. The van der Waals surface area contributed by atoms with E-state index in [1.54, 1.807) is 19.9 Å². The van der Waals surface area contributed by atoms with Crippen molar-refractivity contribution in [3.8, 4) is 0 Å². The molecule has 0 bridgehead atoms. The Balaban J connectivity index is 1.61. The fourth-order valence-electron chi connectivity index (χ4n) is 4.50. The van der Waals surface area contributed by atoms with Gasteiger partial charge >= 0.3 is 0 Å². The quantitative estimate of drug-likeness (QED) is 0.821. The Bertz CT molecular complexity index is 882. The van der Waals surface area contributed by atoms with E-state index in [1.807, 2.05) is 4.90 Å². The second-order valence-corrected chi connectivity index (χ2v) is 9.74. The van der Waals surface area contributed by atoms with E-state index in [1.165, 1.54) is 12.1 Å². The summed E-state index contributed by atoms with van der Waals surface area (Å²) in [5, 5.41) is 3.42. The third kappa shape index (κ3) is 2.95. The Morgan fingerprint density at radius 3 is 2.37 bits per heavy atom. The van der Waals surface area contributed by atoms with E-state index in [2.05, 4.69) is 5.32 Å². The molecule has 3 aliphatic rings. The summed E-state index contributed by atoms with van der Waals surface area (Å²) in [5.74, 6) is 0.548. The first-order chi connectivity index (χ1) is 12.8. The van der Waals surface area contributed by atoms with Crippen LogP contribution in [0.25, 0.3) is 0 Å². The topological polar surface area (TPSA) is 86.8 Å². The summed E-state index contributed by atoms with van der Waals surface area (Å²) in [4.78, 5) is 27.2. The van der Waals surface area contributed by atoms with Crippen LogP contribution < -0.4 is 5.32 Å². The van der Waals surface area contributed by atoms with Crippen molar-refractivity contribution in [3.05, 3.63) is 29.3 Å². The number of nitrogens with zero attached hydrogens (tertiary/aromatic N) is 2. The zero-order valence-corrected chi connectivity index (χ0v) is 16.5. The minimum atomic E-state index is -3.90. The molecule has 146 valence electrons. The van der Waals surface area contributed by atoms with E-state index in [0.29, 0.717) is 30.5 Å². The van der Waals surface area contributed by atoms with Gasteiger partial charge in [-0.3, -0.25) is 9.59 Å². The van der Waals surface area contributed by atoms with Gasteiger partial charge in [0.2, 0.25) is 0 Å². The van der Waals surface area contributed by atoms with Crippen LogP contribution >= 0.6 is 0 Å². The van der Waals surface area contributed by atoms with E-state index in [-0.39, 0.29) is 16.4 Å². The summed E-state index contributed by atoms with van der Waals surface area (Å²) in [6.07, 6.45) is 1.93. The molecule has 0 aromatic heterocycles. The van der Waals surface area contributed by atoms with E-state index in [0.717, 1.165) is 30.2 Å². The molecule has 1 aromatic rings. The largest absolute Gasteiger partial charge is 0.339 e. The molecule has 8 heteroatoms. The van der Waals surface area contributed by atoms with Crippen LogP contribution in [0, 0.1) is 11.8 Å². The lowest BCUT2D eigenvalue weighted by atomic mass is 9.92. The van der Waals surface area contributed by atoms with E-state index >= 15 is 0 Å². The van der Waals surface area contributed by atoms with Gasteiger partial charge in [0.25, 0.3) is 21.8 Å². The van der Waals surface area contributed by atoms with Crippen LogP contribution in [-0.2, 0) is 10.0 Å². The van der Waals surface area contributed by atoms with Crippen LogP contribution in [0.1, 0.15) is 47.4 Å². The molecule has 0 aliphatic carbocycles. The second-order valence-electron chi connectivity index (χ2n) is 7.96. The van der Waals surface area contributed by atoms with Crippen molar-refractivity contribution in [1.29, 1.82) is 0 Å². The number of likely N-dealkylation sites (tertiary alicyclic amines) is 1. The minimum Gasteiger partial charge on any atom is -0.339 e. The SMILES string of the molecule is CC(C)N1C(=O)c2ccc(C(=O)N3CC[C@@H]4CNC[C@@H]4CC3)cc2S1(=O)=O. The number of benzene rings is 1. The molecule has 3 aliphatic heterocycles. The first-order valence-electron chi connectivity index (χ1n) is 9.53. The van der Waals surface area contributed by atoms with Gasteiger partial charge in [-0.05, 0) is 69.8 Å². The Morgan fingerprint density at radius 2 is 1.78 bits per heavy atom. The van der Waals surface area contributed by atoms with Crippen LogP contribution in [0.5, 0.6) is 0 Å². The number of nitrogens with one attached hydrogen (secondary N) is 1. The number of sulfonamides is 1. The summed E-state index contributed by atoms with van der Waals surface area (Å²) in [5.41, 5.74) is 0.484. The Hall–Kier alpha value is -1.93. The molecule has 27 heavy (non-hydrogen) atoms. The zero-order valence-electron chi connectivity index (χ0n) is 15.6. The summed E-state index contributed by atoms with van der Waals surface area (Å²) in [6.45, 7) is 6.71. The van der Waals surface area contributed by atoms with Gasteiger partial charge in [-0.1, -0.05) is 0 Å². The van der Waals surface area contributed by atoms with Crippen molar-refractivity contribution in [2.75, 3.05) is 26.2 Å². The van der Waals surface area contributed by atoms with Crippen LogP contribution in [-0.4, -0.2) is 61.7 Å². The Labute approximate surface area is 159 Å². The lowest BCUT2D eigenvalue weighted by molar-refractivity contribution is 0.0756. The molecule has 1 aromatic carbocycles. The molecular formula is C19H25N3O4S. The third-order valence-electron chi connectivity index (χ3n) is 5.97. The summed E-state index contributed by atoms with van der Waals surface area (Å²) < 4.78 is 26.4. The van der Waals surface area contributed by atoms with Gasteiger partial charge in [0, 0.05) is 24.7 Å². The minimum absolute atomic E-state index is 0.0528. The molecule has 0 saturated carbocycles. The van der Waals surface area contributed by atoms with Crippen LogP contribution in [0.3, 0.4) is 0 Å². The summed E-state index contributed by atoms with van der Waals surface area (Å²) in [6, 6.07) is 3.96. The van der Waals surface area contributed by atoms with E-state index < -0.39 is 22.0 Å². The average Bonchev–Trinajstić information content (AvgIpc) is 3.07. The molecule has 2 saturated heterocycles. The van der Waals surface area contributed by atoms with Gasteiger partial charge in [-0.2, -0.15) is 0 Å². The van der Waals surface area contributed by atoms with Crippen LogP contribution in [0.15, 0.2) is 23.1 Å². The third-order valence-corrected chi connectivity index (χ3v) is 7.97. The predicted molar refractivity (Wildman–Crippen MR) is 99.9 cm³/mol. The van der Waals surface area contributed by atoms with Gasteiger partial charge in [0.1, 0.15) is 4.90 Å². The molecule has 0 spiro atoms. The molecular weight excluding hydrogens is 366 g/mol. The van der Waals surface area contributed by atoms with Crippen LogP contribution in [0.4, 0.5) is 0 Å². The van der Waals surface area contributed by atoms with Gasteiger partial charge in [0.05, 0.1) is 5.56 Å². The second kappa shape index (κ2) is 6.60. The maximum absolute atomic E-state index is 13.0. The number of hydrogen-bond acceptors (Lipinski definition) is 5. The highest BCUT2D eigenvalue weighted by molar-refractivity contribution is 7.90. The average molecular weight is 391 g/mol. The van der Waals surface area contributed by atoms with Crippen molar-refractivity contribution >= 4 is 21.8 Å². The van der Waals surface area contributed by atoms with Crippen molar-refractivity contribution in [2.24, 2.45) is 11.8 Å². The standard InChI is InChI=1S/C19H25N3O4S/c1-12(2)22-19(24)16-4-3-13(9-17(16)27(22,25)26)18(23)21-7-5-14-10-20-11-15(14)6-8-21/h3-4,9,12,14-15,20H,5-8,10-11H2,1-2H3/t14-,15+. The first kappa shape index (κ1) is 18.4. The van der Waals surface area contributed by atoms with Gasteiger partial charge < -0.3 is 10.2 Å². The maximum atomic E-state index is 13.0. The summed E-state index contributed by atoms with van der Waals surface area (Å²) >= 11 is 0. The molecule has 2 fully saturated rings. The lowest BCUT2D eigenvalue weighted by Crippen LogP contribution is -2.36. The molecule has 7 nitrogen and oxygen atoms in total. The molecule has 0 unspecified atom stereocenters. The smallest absolute Gasteiger partial charge is 0.269 e. The van der Waals surface area contributed by atoms with Gasteiger partial charge in [0.15, 0.2) is 0 Å². The highest BCUT2D eigenvalue weighted by atomic mass is 32.2. The number of rotatable bonds is 2. The highest BCUT2D eigenvalue weighted by Crippen LogP contribution is 2.33. The number of fused-ring (bicyclic) bond motifs is 2. The van der Waals surface area contributed by atoms with Crippen molar-refractivity contribution in [3.63, 3.8) is 0 Å². The molecule has 2 atom stereocenters. The molecule has 2 amide bonds. The lowest BCUT2D eigenvalue weighted by Gasteiger charge is -2.21. The Kier molecular flexibility index (Phi) is 4.50. The molecule has 1 N–H and O–H groups in total. The van der Waals surface area contributed by atoms with Crippen LogP contribution in [0.2, 0.25) is 0 Å². The number of carbonyl (C=O) groups is 2. The van der Waals surface area contributed by atoms with Crippen molar-refractivity contribution < 1.29 is 18.0 Å². The number of carbonyl (C=O) groups excluding carboxylic acids is 2. The zero-order chi connectivity index (χ0) is 19.3. The molecule has 0 radical (unpaired) electrons. The highest BCUT2D eigenvalue weighted by Gasteiger charge is 2.43. The van der Waals surface area contributed by atoms with Crippen molar-refractivity contribution in [2.45, 2.75) is 37.6 Å². The van der Waals surface area contributed by atoms with Crippen molar-refractivity contribution in [1.82, 2.24) is 14.5 Å². The summed E-state index contributed by atoms with van der Waals surface area (Å²) in [7, 11) is -3.90.